The number of carbonyl (C=O) groups excluding carboxylic acids is 1. The van der Waals surface area contributed by atoms with E-state index in [2.05, 4.69) is 20.4 Å². The maximum Gasteiger partial charge on any atom is 0.233 e. The normalized spacial score (nSPS) is 11.9. The van der Waals surface area contributed by atoms with E-state index in [0.717, 1.165) is 27.4 Å². The zero-order valence-electron chi connectivity index (χ0n) is 16.6. The number of methoxy groups -OCH3 is 1. The summed E-state index contributed by atoms with van der Waals surface area (Å²) in [4.78, 5) is 21.3. The second kappa shape index (κ2) is 8.96. The van der Waals surface area contributed by atoms with Gasteiger partial charge in [0.2, 0.25) is 5.91 Å². The molecule has 30 heavy (non-hydrogen) atoms. The monoisotopic (exact) mass is 419 g/mol. The maximum absolute atomic E-state index is 12.6. The van der Waals surface area contributed by atoms with Gasteiger partial charge in [0.1, 0.15) is 17.1 Å². The molecular formula is C22H21N5O2S. The number of benzene rings is 2. The lowest BCUT2D eigenvalue weighted by molar-refractivity contribution is -0.120. The molecule has 0 bridgehead atoms. The fourth-order valence-corrected chi connectivity index (χ4v) is 3.88. The van der Waals surface area contributed by atoms with Gasteiger partial charge in [0.05, 0.1) is 29.6 Å². The molecule has 1 unspecified atom stereocenters. The van der Waals surface area contributed by atoms with Gasteiger partial charge in [-0.1, -0.05) is 42.1 Å². The molecule has 2 heterocycles. The molecule has 0 aliphatic heterocycles. The molecule has 0 spiro atoms. The highest BCUT2D eigenvalue weighted by Gasteiger charge is 2.18. The van der Waals surface area contributed by atoms with Gasteiger partial charge in [-0.3, -0.25) is 4.79 Å². The van der Waals surface area contributed by atoms with Crippen molar-refractivity contribution < 1.29 is 9.53 Å². The Hall–Kier alpha value is -3.39. The topological polar surface area (TPSA) is 81.9 Å². The number of thioether (sulfide) groups is 1. The summed E-state index contributed by atoms with van der Waals surface area (Å²) < 4.78 is 6.93. The fourth-order valence-electron chi connectivity index (χ4n) is 2.97. The van der Waals surface area contributed by atoms with Crippen molar-refractivity contribution in [1.29, 1.82) is 0 Å². The van der Waals surface area contributed by atoms with Crippen LogP contribution in [0.5, 0.6) is 5.75 Å². The summed E-state index contributed by atoms with van der Waals surface area (Å²) in [6.45, 7) is 2.32. The molecule has 2 aromatic heterocycles. The molecule has 4 aromatic rings. The minimum Gasteiger partial charge on any atom is -0.497 e. The van der Waals surface area contributed by atoms with Gasteiger partial charge in [0.25, 0.3) is 0 Å². The van der Waals surface area contributed by atoms with E-state index in [4.69, 9.17) is 4.74 Å². The third-order valence-corrected chi connectivity index (χ3v) is 5.73. The predicted octanol–water partition coefficient (Wildman–Crippen LogP) is 3.62. The molecule has 1 N–H and O–H groups in total. The Bertz CT molecular complexity index is 1150. The van der Waals surface area contributed by atoms with Gasteiger partial charge in [0, 0.05) is 6.54 Å². The van der Waals surface area contributed by atoms with Crippen LogP contribution in [0, 0.1) is 0 Å². The molecule has 152 valence electrons. The molecule has 0 saturated heterocycles. The first-order chi connectivity index (χ1) is 14.7. The van der Waals surface area contributed by atoms with E-state index in [-0.39, 0.29) is 11.2 Å². The Morgan fingerprint density at radius 1 is 1.13 bits per heavy atom. The summed E-state index contributed by atoms with van der Waals surface area (Å²) in [5, 5.41) is 8.66. The van der Waals surface area contributed by atoms with Gasteiger partial charge in [-0.25, -0.2) is 14.6 Å². The van der Waals surface area contributed by atoms with E-state index >= 15 is 0 Å². The first kappa shape index (κ1) is 19.9. The van der Waals surface area contributed by atoms with E-state index in [1.54, 1.807) is 18.0 Å². The number of carbonyl (C=O) groups is 1. The Morgan fingerprint density at radius 2 is 1.90 bits per heavy atom. The van der Waals surface area contributed by atoms with Crippen LogP contribution in [-0.4, -0.2) is 38.0 Å². The standard InChI is InChI=1S/C22H21N5O2S/c1-15(21(28)23-12-16-8-10-18(29-2)11-9-16)30-22-19-13-26-27(20(19)24-14-25-22)17-6-4-3-5-7-17/h3-11,13-15H,12H2,1-2H3,(H,23,28). The van der Waals surface area contributed by atoms with Crippen LogP contribution in [0.25, 0.3) is 16.7 Å². The largest absolute Gasteiger partial charge is 0.497 e. The van der Waals surface area contributed by atoms with Crippen molar-refractivity contribution in [3.8, 4) is 11.4 Å². The molecular weight excluding hydrogens is 398 g/mol. The number of ether oxygens (including phenoxy) is 1. The van der Waals surface area contributed by atoms with Crippen molar-refractivity contribution in [2.45, 2.75) is 23.7 Å². The summed E-state index contributed by atoms with van der Waals surface area (Å²) in [5.41, 5.74) is 2.65. The van der Waals surface area contributed by atoms with Crippen LogP contribution >= 0.6 is 11.8 Å². The number of hydrogen-bond acceptors (Lipinski definition) is 6. The lowest BCUT2D eigenvalue weighted by atomic mass is 10.2. The second-order valence-electron chi connectivity index (χ2n) is 6.63. The number of hydrogen-bond donors (Lipinski definition) is 1. The molecule has 1 amide bonds. The molecule has 0 saturated carbocycles. The molecule has 1 atom stereocenters. The van der Waals surface area contributed by atoms with E-state index in [0.29, 0.717) is 12.2 Å². The zero-order chi connectivity index (χ0) is 20.9. The molecule has 0 aliphatic carbocycles. The van der Waals surface area contributed by atoms with Crippen molar-refractivity contribution >= 4 is 28.7 Å². The summed E-state index contributed by atoms with van der Waals surface area (Å²) in [6, 6.07) is 17.4. The minimum absolute atomic E-state index is 0.0574. The number of para-hydroxylation sites is 1. The molecule has 4 rings (SSSR count). The van der Waals surface area contributed by atoms with Crippen LogP contribution in [0.2, 0.25) is 0 Å². The highest BCUT2D eigenvalue weighted by Crippen LogP contribution is 2.28. The molecule has 0 radical (unpaired) electrons. The number of amides is 1. The maximum atomic E-state index is 12.6. The van der Waals surface area contributed by atoms with Gasteiger partial charge in [-0.2, -0.15) is 5.10 Å². The minimum atomic E-state index is -0.318. The van der Waals surface area contributed by atoms with Crippen LogP contribution in [0.1, 0.15) is 12.5 Å². The molecule has 8 heteroatoms. The molecule has 0 aliphatic rings. The van der Waals surface area contributed by atoms with Crippen LogP contribution in [0.15, 0.2) is 72.1 Å². The summed E-state index contributed by atoms with van der Waals surface area (Å²) in [5.74, 6) is 0.732. The van der Waals surface area contributed by atoms with E-state index in [1.807, 2.05) is 61.5 Å². The van der Waals surface area contributed by atoms with Gasteiger partial charge < -0.3 is 10.1 Å². The SMILES string of the molecule is COc1ccc(CNC(=O)C(C)Sc2ncnc3c2cnn3-c2ccccc2)cc1. The Labute approximate surface area is 178 Å². The smallest absolute Gasteiger partial charge is 0.233 e. The molecule has 0 fully saturated rings. The Kier molecular flexibility index (Phi) is 5.94. The molecule has 2 aromatic carbocycles. The van der Waals surface area contributed by atoms with Gasteiger partial charge in [0.15, 0.2) is 5.65 Å². The summed E-state index contributed by atoms with van der Waals surface area (Å²) >= 11 is 1.39. The average Bonchev–Trinajstić information content (AvgIpc) is 3.23. The first-order valence-corrected chi connectivity index (χ1v) is 10.3. The van der Waals surface area contributed by atoms with E-state index in [1.165, 1.54) is 18.1 Å². The van der Waals surface area contributed by atoms with Crippen LogP contribution in [0.3, 0.4) is 0 Å². The van der Waals surface area contributed by atoms with Crippen molar-refractivity contribution in [2.24, 2.45) is 0 Å². The lowest BCUT2D eigenvalue weighted by Gasteiger charge is -2.12. The van der Waals surface area contributed by atoms with Crippen molar-refractivity contribution in [2.75, 3.05) is 7.11 Å². The lowest BCUT2D eigenvalue weighted by Crippen LogP contribution is -2.30. The van der Waals surface area contributed by atoms with Gasteiger partial charge in [-0.15, -0.1) is 0 Å². The number of aromatic nitrogens is 4. The van der Waals surface area contributed by atoms with E-state index in [9.17, 15) is 4.79 Å². The average molecular weight is 420 g/mol. The fraction of sp³-hybridized carbons (Fsp3) is 0.182. The highest BCUT2D eigenvalue weighted by atomic mass is 32.2. The van der Waals surface area contributed by atoms with Crippen LogP contribution in [0.4, 0.5) is 0 Å². The Morgan fingerprint density at radius 3 is 2.63 bits per heavy atom. The van der Waals surface area contributed by atoms with Gasteiger partial charge in [-0.05, 0) is 36.8 Å². The van der Waals surface area contributed by atoms with Crippen LogP contribution in [-0.2, 0) is 11.3 Å². The number of nitrogens with zero attached hydrogens (tertiary/aromatic N) is 4. The van der Waals surface area contributed by atoms with Crippen LogP contribution < -0.4 is 10.1 Å². The number of nitrogens with one attached hydrogen (secondary N) is 1. The predicted molar refractivity (Wildman–Crippen MR) is 117 cm³/mol. The van der Waals surface area contributed by atoms with E-state index < -0.39 is 0 Å². The van der Waals surface area contributed by atoms with Crippen molar-refractivity contribution in [3.05, 3.63) is 72.7 Å². The summed E-state index contributed by atoms with van der Waals surface area (Å²) in [7, 11) is 1.63. The summed E-state index contributed by atoms with van der Waals surface area (Å²) in [6.07, 6.45) is 3.25. The molecule has 7 nitrogen and oxygen atoms in total. The number of rotatable bonds is 7. The third kappa shape index (κ3) is 4.28. The number of fused-ring (bicyclic) bond motifs is 1. The van der Waals surface area contributed by atoms with Gasteiger partial charge >= 0.3 is 0 Å². The zero-order valence-corrected chi connectivity index (χ0v) is 17.5. The second-order valence-corrected chi connectivity index (χ2v) is 7.96. The first-order valence-electron chi connectivity index (χ1n) is 9.47. The van der Waals surface area contributed by atoms with Crippen molar-refractivity contribution in [1.82, 2.24) is 25.1 Å². The third-order valence-electron chi connectivity index (χ3n) is 4.61. The van der Waals surface area contributed by atoms with Crippen molar-refractivity contribution in [3.63, 3.8) is 0 Å². The highest BCUT2D eigenvalue weighted by molar-refractivity contribution is 8.00. The quantitative estimate of drug-likeness (QED) is 0.364. The Balaban J connectivity index is 1.45.